The molecule has 0 aliphatic rings. The number of aromatic amines is 1. The number of hydrogen-bond donors (Lipinski definition) is 1. The van der Waals surface area contributed by atoms with Crippen molar-refractivity contribution < 1.29 is 9.53 Å². The van der Waals surface area contributed by atoms with Crippen LogP contribution in [0.25, 0.3) is 10.9 Å². The van der Waals surface area contributed by atoms with Crippen LogP contribution in [-0.4, -0.2) is 23.0 Å². The molecule has 0 atom stereocenters. The lowest BCUT2D eigenvalue weighted by Crippen LogP contribution is -2.28. The molecule has 21 heavy (non-hydrogen) atoms. The van der Waals surface area contributed by atoms with Crippen molar-refractivity contribution in [3.05, 3.63) is 39.9 Å². The van der Waals surface area contributed by atoms with E-state index in [0.29, 0.717) is 29.6 Å². The number of rotatable bonds is 4. The zero-order chi connectivity index (χ0) is 15.6. The van der Waals surface area contributed by atoms with Crippen molar-refractivity contribution in [2.24, 2.45) is 5.41 Å². The molecular formula is C16H20N2O3. The van der Waals surface area contributed by atoms with Crippen LogP contribution in [0.5, 0.6) is 0 Å². The van der Waals surface area contributed by atoms with Crippen LogP contribution in [0.4, 0.5) is 0 Å². The highest BCUT2D eigenvalue weighted by atomic mass is 16.5. The number of hydrogen-bond acceptors (Lipinski definition) is 4. The lowest BCUT2D eigenvalue weighted by Gasteiger charge is -2.21. The van der Waals surface area contributed by atoms with Crippen LogP contribution in [0, 0.1) is 5.41 Å². The maximum atomic E-state index is 12.1. The van der Waals surface area contributed by atoms with Crippen LogP contribution in [0.15, 0.2) is 23.0 Å². The predicted molar refractivity (Wildman–Crippen MR) is 81.2 cm³/mol. The Kier molecular flexibility index (Phi) is 4.11. The van der Waals surface area contributed by atoms with Crippen molar-refractivity contribution in [2.45, 2.75) is 33.6 Å². The SMILES string of the molecule is CCc1nc2ccc(CC(C)(C)C(=O)OC)cc2c(=O)[nH]1. The van der Waals surface area contributed by atoms with E-state index in [4.69, 9.17) is 4.74 Å². The van der Waals surface area contributed by atoms with Crippen LogP contribution in [-0.2, 0) is 22.4 Å². The van der Waals surface area contributed by atoms with Gasteiger partial charge in [0.15, 0.2) is 0 Å². The molecule has 2 aromatic rings. The van der Waals surface area contributed by atoms with E-state index >= 15 is 0 Å². The maximum Gasteiger partial charge on any atom is 0.311 e. The normalized spacial score (nSPS) is 11.6. The summed E-state index contributed by atoms with van der Waals surface area (Å²) >= 11 is 0. The molecule has 112 valence electrons. The lowest BCUT2D eigenvalue weighted by atomic mass is 9.85. The van der Waals surface area contributed by atoms with Crippen molar-refractivity contribution in [1.82, 2.24) is 9.97 Å². The molecule has 0 spiro atoms. The monoisotopic (exact) mass is 288 g/mol. The Hall–Kier alpha value is -2.17. The Morgan fingerprint density at radius 3 is 2.71 bits per heavy atom. The van der Waals surface area contributed by atoms with Gasteiger partial charge < -0.3 is 9.72 Å². The van der Waals surface area contributed by atoms with Crippen LogP contribution >= 0.6 is 0 Å². The topological polar surface area (TPSA) is 72.0 Å². The fourth-order valence-corrected chi connectivity index (χ4v) is 2.37. The van der Waals surface area contributed by atoms with E-state index in [2.05, 4.69) is 9.97 Å². The standard InChI is InChI=1S/C16H20N2O3/c1-5-13-17-12-7-6-10(8-11(12)14(19)18-13)9-16(2,3)15(20)21-4/h6-8H,5,9H2,1-4H3,(H,17,18,19). The molecule has 0 saturated carbocycles. The number of nitrogens with one attached hydrogen (secondary N) is 1. The summed E-state index contributed by atoms with van der Waals surface area (Å²) in [6, 6.07) is 5.52. The number of fused-ring (bicyclic) bond motifs is 1. The van der Waals surface area contributed by atoms with Crippen LogP contribution in [0.3, 0.4) is 0 Å². The van der Waals surface area contributed by atoms with Crippen molar-refractivity contribution in [1.29, 1.82) is 0 Å². The number of carbonyl (C=O) groups excluding carboxylic acids is 1. The molecule has 0 aliphatic heterocycles. The van der Waals surface area contributed by atoms with E-state index < -0.39 is 5.41 Å². The molecule has 1 aromatic heterocycles. The van der Waals surface area contributed by atoms with Gasteiger partial charge in [0.25, 0.3) is 5.56 Å². The Morgan fingerprint density at radius 1 is 1.38 bits per heavy atom. The number of methoxy groups -OCH3 is 1. The molecule has 1 heterocycles. The summed E-state index contributed by atoms with van der Waals surface area (Å²) in [6.07, 6.45) is 1.19. The Bertz CT molecular complexity index is 732. The number of aromatic nitrogens is 2. The van der Waals surface area contributed by atoms with Gasteiger partial charge in [0.1, 0.15) is 5.82 Å². The van der Waals surface area contributed by atoms with E-state index in [0.717, 1.165) is 5.56 Å². The van der Waals surface area contributed by atoms with Crippen LogP contribution in [0.2, 0.25) is 0 Å². The van der Waals surface area contributed by atoms with Crippen molar-refractivity contribution >= 4 is 16.9 Å². The summed E-state index contributed by atoms with van der Waals surface area (Å²) < 4.78 is 4.81. The zero-order valence-corrected chi connectivity index (χ0v) is 12.8. The van der Waals surface area contributed by atoms with E-state index in [1.165, 1.54) is 7.11 Å². The molecule has 5 nitrogen and oxygen atoms in total. The van der Waals surface area contributed by atoms with Gasteiger partial charge in [-0.15, -0.1) is 0 Å². The van der Waals surface area contributed by atoms with Crippen molar-refractivity contribution in [3.63, 3.8) is 0 Å². The van der Waals surface area contributed by atoms with Gasteiger partial charge in [-0.1, -0.05) is 13.0 Å². The fourth-order valence-electron chi connectivity index (χ4n) is 2.37. The highest BCUT2D eigenvalue weighted by Gasteiger charge is 2.29. The molecule has 2 rings (SSSR count). The first-order valence-electron chi connectivity index (χ1n) is 6.97. The quantitative estimate of drug-likeness (QED) is 0.876. The van der Waals surface area contributed by atoms with Gasteiger partial charge in [0, 0.05) is 6.42 Å². The average molecular weight is 288 g/mol. The minimum atomic E-state index is -0.633. The molecular weight excluding hydrogens is 268 g/mol. The summed E-state index contributed by atoms with van der Waals surface area (Å²) in [6.45, 7) is 5.59. The third kappa shape index (κ3) is 3.12. The smallest absolute Gasteiger partial charge is 0.311 e. The van der Waals surface area contributed by atoms with Crippen LogP contribution in [0.1, 0.15) is 32.2 Å². The molecule has 0 aliphatic carbocycles. The molecule has 1 N–H and O–H groups in total. The van der Waals surface area contributed by atoms with Crippen molar-refractivity contribution in [3.8, 4) is 0 Å². The van der Waals surface area contributed by atoms with Gasteiger partial charge in [0.2, 0.25) is 0 Å². The molecule has 0 radical (unpaired) electrons. The van der Waals surface area contributed by atoms with E-state index in [1.54, 1.807) is 6.07 Å². The third-order valence-corrected chi connectivity index (χ3v) is 3.54. The Balaban J connectivity index is 2.42. The molecule has 0 saturated heterocycles. The fraction of sp³-hybridized carbons (Fsp3) is 0.438. The lowest BCUT2D eigenvalue weighted by molar-refractivity contribution is -0.150. The minimum Gasteiger partial charge on any atom is -0.469 e. The molecule has 0 bridgehead atoms. The number of benzene rings is 1. The molecule has 0 amide bonds. The maximum absolute atomic E-state index is 12.1. The summed E-state index contributed by atoms with van der Waals surface area (Å²) in [5.41, 5.74) is 0.811. The van der Waals surface area contributed by atoms with Gasteiger partial charge in [-0.25, -0.2) is 4.98 Å². The second kappa shape index (κ2) is 5.68. The highest BCUT2D eigenvalue weighted by molar-refractivity contribution is 5.79. The Morgan fingerprint density at radius 2 is 2.10 bits per heavy atom. The third-order valence-electron chi connectivity index (χ3n) is 3.54. The van der Waals surface area contributed by atoms with Gasteiger partial charge in [-0.2, -0.15) is 0 Å². The molecule has 5 heteroatoms. The van der Waals surface area contributed by atoms with E-state index in [-0.39, 0.29) is 11.5 Å². The number of H-pyrrole nitrogens is 1. The van der Waals surface area contributed by atoms with Gasteiger partial charge in [0.05, 0.1) is 23.4 Å². The van der Waals surface area contributed by atoms with Crippen molar-refractivity contribution in [2.75, 3.05) is 7.11 Å². The first-order chi connectivity index (χ1) is 9.87. The second-order valence-corrected chi connectivity index (χ2v) is 5.77. The number of ether oxygens (including phenoxy) is 1. The summed E-state index contributed by atoms with van der Waals surface area (Å²) in [7, 11) is 1.38. The molecule has 0 unspecified atom stereocenters. The van der Waals surface area contributed by atoms with Gasteiger partial charge in [-0.3, -0.25) is 9.59 Å². The van der Waals surface area contributed by atoms with Gasteiger partial charge >= 0.3 is 5.97 Å². The number of aryl methyl sites for hydroxylation is 1. The van der Waals surface area contributed by atoms with E-state index in [9.17, 15) is 9.59 Å². The minimum absolute atomic E-state index is 0.144. The zero-order valence-electron chi connectivity index (χ0n) is 12.8. The van der Waals surface area contributed by atoms with Gasteiger partial charge in [-0.05, 0) is 38.0 Å². The predicted octanol–water partition coefficient (Wildman–Crippen LogP) is 2.23. The second-order valence-electron chi connectivity index (χ2n) is 5.77. The Labute approximate surface area is 123 Å². The summed E-state index contributed by atoms with van der Waals surface area (Å²) in [5, 5.41) is 0.547. The first kappa shape index (κ1) is 15.2. The van der Waals surface area contributed by atoms with Crippen LogP contribution < -0.4 is 5.56 Å². The highest BCUT2D eigenvalue weighted by Crippen LogP contribution is 2.24. The van der Waals surface area contributed by atoms with E-state index in [1.807, 2.05) is 32.9 Å². The largest absolute Gasteiger partial charge is 0.469 e. The number of nitrogens with zero attached hydrogens (tertiary/aromatic N) is 1. The number of esters is 1. The molecule has 1 aromatic carbocycles. The summed E-state index contributed by atoms with van der Waals surface area (Å²) in [4.78, 5) is 31.0. The summed E-state index contributed by atoms with van der Waals surface area (Å²) in [5.74, 6) is 0.408. The first-order valence-corrected chi connectivity index (χ1v) is 6.97. The average Bonchev–Trinajstić information content (AvgIpc) is 2.46. The number of carbonyl (C=O) groups is 1. The molecule has 0 fully saturated rings.